The number of rotatable bonds is 6. The van der Waals surface area contributed by atoms with Crippen molar-refractivity contribution in [3.8, 4) is 0 Å². The summed E-state index contributed by atoms with van der Waals surface area (Å²) in [6, 6.07) is 11.7. The van der Waals surface area contributed by atoms with E-state index in [1.54, 1.807) is 24.3 Å². The van der Waals surface area contributed by atoms with E-state index in [1.807, 2.05) is 0 Å². The summed E-state index contributed by atoms with van der Waals surface area (Å²) in [5.41, 5.74) is 1.23. The van der Waals surface area contributed by atoms with Crippen molar-refractivity contribution in [3.05, 3.63) is 65.5 Å². The third-order valence-electron chi connectivity index (χ3n) is 2.96. The van der Waals surface area contributed by atoms with Crippen LogP contribution in [-0.4, -0.2) is 16.0 Å². The maximum atomic E-state index is 12.8. The molecule has 0 heterocycles. The van der Waals surface area contributed by atoms with Crippen LogP contribution < -0.4 is 5.09 Å². The molecule has 5 nitrogen and oxygen atoms in total. The number of halogens is 1. The van der Waals surface area contributed by atoms with Crippen LogP contribution in [0.2, 0.25) is 0 Å². The van der Waals surface area contributed by atoms with Gasteiger partial charge in [0.25, 0.3) is 7.52 Å². The standard InChI is InChI=1S/C15H15FNO4P/c16-13-7-5-11(6-8-13)10-22(20,21)17-14-4-2-1-3-12(14)9-15(18)19/h1-8H,9-10H2,(H,18,19)(H2,17,20,21). The molecule has 116 valence electrons. The van der Waals surface area contributed by atoms with Crippen LogP contribution in [0.25, 0.3) is 0 Å². The van der Waals surface area contributed by atoms with E-state index in [0.29, 0.717) is 16.8 Å². The highest BCUT2D eigenvalue weighted by atomic mass is 31.2. The zero-order valence-electron chi connectivity index (χ0n) is 11.6. The first-order chi connectivity index (χ1) is 10.4. The number of benzene rings is 2. The fraction of sp³-hybridized carbons (Fsp3) is 0.133. The zero-order chi connectivity index (χ0) is 16.2. The number of aliphatic carboxylic acids is 1. The lowest BCUT2D eigenvalue weighted by atomic mass is 10.1. The van der Waals surface area contributed by atoms with Gasteiger partial charge in [0.05, 0.1) is 12.6 Å². The summed E-state index contributed by atoms with van der Waals surface area (Å²) in [7, 11) is -3.79. The van der Waals surface area contributed by atoms with E-state index >= 15 is 0 Å². The Balaban J connectivity index is 2.16. The van der Waals surface area contributed by atoms with Gasteiger partial charge in [-0.2, -0.15) is 0 Å². The Labute approximate surface area is 126 Å². The van der Waals surface area contributed by atoms with E-state index in [2.05, 4.69) is 5.09 Å². The molecule has 3 N–H and O–H groups in total. The summed E-state index contributed by atoms with van der Waals surface area (Å²) in [6.45, 7) is 0. The molecule has 0 saturated carbocycles. The van der Waals surface area contributed by atoms with Gasteiger partial charge in [0, 0.05) is 5.69 Å². The Hall–Kier alpha value is -2.17. The van der Waals surface area contributed by atoms with Crippen molar-refractivity contribution in [1.29, 1.82) is 0 Å². The number of carboxylic acids is 1. The Morgan fingerprint density at radius 3 is 2.41 bits per heavy atom. The molecule has 1 atom stereocenters. The average Bonchev–Trinajstić information content (AvgIpc) is 2.42. The third kappa shape index (κ3) is 4.69. The minimum atomic E-state index is -3.79. The number of hydrogen-bond donors (Lipinski definition) is 3. The largest absolute Gasteiger partial charge is 0.481 e. The molecule has 1 unspecified atom stereocenters. The molecule has 2 aromatic carbocycles. The molecule has 0 saturated heterocycles. The molecule has 0 aromatic heterocycles. The van der Waals surface area contributed by atoms with Crippen molar-refractivity contribution in [2.24, 2.45) is 0 Å². The zero-order valence-corrected chi connectivity index (χ0v) is 12.5. The van der Waals surface area contributed by atoms with Crippen LogP contribution in [0.1, 0.15) is 11.1 Å². The van der Waals surface area contributed by atoms with Gasteiger partial charge < -0.3 is 15.1 Å². The van der Waals surface area contributed by atoms with Crippen LogP contribution in [-0.2, 0) is 21.9 Å². The molecule has 2 aromatic rings. The smallest absolute Gasteiger partial charge is 0.307 e. The highest BCUT2D eigenvalue weighted by molar-refractivity contribution is 7.58. The minimum absolute atomic E-state index is 0.186. The third-order valence-corrected chi connectivity index (χ3v) is 4.35. The topological polar surface area (TPSA) is 86.6 Å². The molecule has 0 aliphatic carbocycles. The predicted octanol–water partition coefficient (Wildman–Crippen LogP) is 3.25. The van der Waals surface area contributed by atoms with Gasteiger partial charge in [-0.05, 0) is 29.3 Å². The van der Waals surface area contributed by atoms with Crippen molar-refractivity contribution < 1.29 is 23.7 Å². The number of hydrogen-bond acceptors (Lipinski definition) is 2. The first kappa shape index (κ1) is 16.2. The van der Waals surface area contributed by atoms with Gasteiger partial charge in [0.15, 0.2) is 0 Å². The van der Waals surface area contributed by atoms with Gasteiger partial charge >= 0.3 is 5.97 Å². The van der Waals surface area contributed by atoms with Crippen molar-refractivity contribution in [3.63, 3.8) is 0 Å². The van der Waals surface area contributed by atoms with Gasteiger partial charge in [0.2, 0.25) is 0 Å². The summed E-state index contributed by atoms with van der Waals surface area (Å²) in [6.07, 6.45) is -0.436. The van der Waals surface area contributed by atoms with Crippen LogP contribution >= 0.6 is 7.52 Å². The molecule has 0 aliphatic heterocycles. The Kier molecular flexibility index (Phi) is 4.96. The van der Waals surface area contributed by atoms with E-state index in [-0.39, 0.29) is 12.6 Å². The second kappa shape index (κ2) is 6.73. The number of nitrogens with one attached hydrogen (secondary N) is 1. The second-order valence-electron chi connectivity index (χ2n) is 4.83. The number of carboxylic acid groups (broad SMARTS) is 1. The molecule has 7 heteroatoms. The lowest BCUT2D eigenvalue weighted by Crippen LogP contribution is -2.06. The molecule has 0 fully saturated rings. The van der Waals surface area contributed by atoms with Gasteiger partial charge in [-0.3, -0.25) is 9.36 Å². The van der Waals surface area contributed by atoms with Crippen molar-refractivity contribution in [2.75, 3.05) is 5.09 Å². The lowest BCUT2D eigenvalue weighted by Gasteiger charge is -2.17. The van der Waals surface area contributed by atoms with E-state index in [0.717, 1.165) is 0 Å². The molecule has 0 radical (unpaired) electrons. The molecule has 0 amide bonds. The van der Waals surface area contributed by atoms with Crippen molar-refractivity contribution in [2.45, 2.75) is 12.6 Å². The lowest BCUT2D eigenvalue weighted by molar-refractivity contribution is -0.136. The molecule has 2 rings (SSSR count). The van der Waals surface area contributed by atoms with Gasteiger partial charge in [-0.1, -0.05) is 30.3 Å². The molecule has 0 bridgehead atoms. The fourth-order valence-electron chi connectivity index (χ4n) is 2.01. The fourth-order valence-corrected chi connectivity index (χ4v) is 3.39. The molecular weight excluding hydrogens is 308 g/mol. The summed E-state index contributed by atoms with van der Waals surface area (Å²) in [4.78, 5) is 20.9. The van der Waals surface area contributed by atoms with Crippen molar-refractivity contribution >= 4 is 19.2 Å². The van der Waals surface area contributed by atoms with E-state index in [9.17, 15) is 18.6 Å². The normalized spacial score (nSPS) is 13.4. The second-order valence-corrected chi connectivity index (χ2v) is 6.77. The minimum Gasteiger partial charge on any atom is -0.481 e. The summed E-state index contributed by atoms with van der Waals surface area (Å²) < 4.78 is 25.1. The molecular formula is C15H15FNO4P. The molecule has 22 heavy (non-hydrogen) atoms. The molecule has 0 aliphatic rings. The summed E-state index contributed by atoms with van der Waals surface area (Å²) in [5.74, 6) is -1.45. The number of para-hydroxylation sites is 1. The van der Waals surface area contributed by atoms with Crippen molar-refractivity contribution in [1.82, 2.24) is 0 Å². The van der Waals surface area contributed by atoms with Gasteiger partial charge in [-0.25, -0.2) is 4.39 Å². The van der Waals surface area contributed by atoms with Crippen LogP contribution in [0.15, 0.2) is 48.5 Å². The highest BCUT2D eigenvalue weighted by Crippen LogP contribution is 2.45. The first-order valence-electron chi connectivity index (χ1n) is 6.50. The first-order valence-corrected chi connectivity index (χ1v) is 8.34. The average molecular weight is 323 g/mol. The van der Waals surface area contributed by atoms with Crippen LogP contribution in [0.4, 0.5) is 10.1 Å². The predicted molar refractivity (Wildman–Crippen MR) is 81.3 cm³/mol. The summed E-state index contributed by atoms with van der Waals surface area (Å²) >= 11 is 0. The maximum absolute atomic E-state index is 12.8. The van der Waals surface area contributed by atoms with Crippen LogP contribution in [0.3, 0.4) is 0 Å². The molecule has 0 spiro atoms. The van der Waals surface area contributed by atoms with E-state index < -0.39 is 19.3 Å². The monoisotopic (exact) mass is 323 g/mol. The maximum Gasteiger partial charge on any atom is 0.307 e. The Morgan fingerprint density at radius 1 is 1.14 bits per heavy atom. The van der Waals surface area contributed by atoms with E-state index in [1.165, 1.54) is 24.3 Å². The SMILES string of the molecule is O=C(O)Cc1ccccc1NP(=O)(O)Cc1ccc(F)cc1. The van der Waals surface area contributed by atoms with Gasteiger partial charge in [-0.15, -0.1) is 0 Å². The number of carbonyl (C=O) groups is 1. The van der Waals surface area contributed by atoms with E-state index in [4.69, 9.17) is 5.11 Å². The van der Waals surface area contributed by atoms with Crippen LogP contribution in [0.5, 0.6) is 0 Å². The van der Waals surface area contributed by atoms with Crippen LogP contribution in [0, 0.1) is 5.82 Å². The number of anilines is 1. The highest BCUT2D eigenvalue weighted by Gasteiger charge is 2.20. The Morgan fingerprint density at radius 2 is 1.77 bits per heavy atom. The van der Waals surface area contributed by atoms with Gasteiger partial charge in [0.1, 0.15) is 5.82 Å². The summed E-state index contributed by atoms with van der Waals surface area (Å²) in [5, 5.41) is 11.4. The quantitative estimate of drug-likeness (QED) is 0.710. The Bertz CT molecular complexity index is 718.